The van der Waals surface area contributed by atoms with Crippen molar-refractivity contribution in [2.45, 2.75) is 12.2 Å². The highest BCUT2D eigenvalue weighted by Gasteiger charge is 2.46. The smallest absolute Gasteiger partial charge is 0.314 e. The lowest BCUT2D eigenvalue weighted by Crippen LogP contribution is -2.49. The minimum atomic E-state index is -4.78. The van der Waals surface area contributed by atoms with Crippen molar-refractivity contribution in [3.05, 3.63) is 35.1 Å². The Kier molecular flexibility index (Phi) is 5.89. The number of piperazine rings is 1. The van der Waals surface area contributed by atoms with Crippen molar-refractivity contribution in [3.8, 4) is 0 Å². The third kappa shape index (κ3) is 4.02. The fraction of sp³-hybridized carbons (Fsp3) is 0.500. The zero-order chi connectivity index (χ0) is 14.9. The van der Waals surface area contributed by atoms with Crippen LogP contribution in [0.1, 0.15) is 11.6 Å². The van der Waals surface area contributed by atoms with Crippen LogP contribution in [0.15, 0.2) is 12.1 Å². The fourth-order valence-corrected chi connectivity index (χ4v) is 2.27. The molecule has 1 aromatic rings. The minimum absolute atomic E-state index is 0. The number of halogens is 7. The first-order valence-electron chi connectivity index (χ1n) is 5.96. The molecular formula is C12H13ClF6N2. The Morgan fingerprint density at radius 2 is 1.48 bits per heavy atom. The topological polar surface area (TPSA) is 15.3 Å². The van der Waals surface area contributed by atoms with Gasteiger partial charge < -0.3 is 5.32 Å². The van der Waals surface area contributed by atoms with Crippen molar-refractivity contribution in [1.82, 2.24) is 10.2 Å². The molecule has 0 saturated carbocycles. The first-order valence-corrected chi connectivity index (χ1v) is 5.96. The molecular weight excluding hydrogens is 322 g/mol. The summed E-state index contributed by atoms with van der Waals surface area (Å²) in [6, 6.07) is -1.85. The molecule has 1 aliphatic heterocycles. The standard InChI is InChI=1S/C12H12F6N2.ClH/c13-8-6-10(15)9(14)5-7(8)11(12(16,17)18)20-3-1-19-2-4-20;/h5-6,11,19H,1-4H2;1H/t11-;/m1./s1. The molecule has 2 nitrogen and oxygen atoms in total. The highest BCUT2D eigenvalue weighted by molar-refractivity contribution is 5.85. The summed E-state index contributed by atoms with van der Waals surface area (Å²) in [5, 5.41) is 2.87. The van der Waals surface area contributed by atoms with Crippen LogP contribution in [0.2, 0.25) is 0 Å². The molecule has 1 N–H and O–H groups in total. The Balaban J connectivity index is 0.00000220. The molecule has 1 fully saturated rings. The molecule has 1 atom stereocenters. The molecule has 120 valence electrons. The lowest BCUT2D eigenvalue weighted by atomic mass is 10.0. The molecule has 1 aliphatic rings. The van der Waals surface area contributed by atoms with Gasteiger partial charge in [-0.15, -0.1) is 12.4 Å². The predicted molar refractivity (Wildman–Crippen MR) is 66.8 cm³/mol. The van der Waals surface area contributed by atoms with Gasteiger partial charge >= 0.3 is 6.18 Å². The van der Waals surface area contributed by atoms with Gasteiger partial charge in [-0.25, -0.2) is 13.2 Å². The van der Waals surface area contributed by atoms with E-state index in [1.807, 2.05) is 0 Å². The molecule has 0 radical (unpaired) electrons. The van der Waals surface area contributed by atoms with Crippen LogP contribution in [0.4, 0.5) is 26.3 Å². The first-order chi connectivity index (χ1) is 9.30. The number of nitrogens with zero attached hydrogens (tertiary/aromatic N) is 1. The Morgan fingerprint density at radius 1 is 0.952 bits per heavy atom. The quantitative estimate of drug-likeness (QED) is 0.660. The van der Waals surface area contributed by atoms with Gasteiger partial charge in [0.05, 0.1) is 0 Å². The average molecular weight is 335 g/mol. The average Bonchev–Trinajstić information content (AvgIpc) is 2.35. The van der Waals surface area contributed by atoms with Crippen molar-refractivity contribution >= 4 is 12.4 Å². The molecule has 0 unspecified atom stereocenters. The summed E-state index contributed by atoms with van der Waals surface area (Å²) in [4.78, 5) is 1.01. The molecule has 1 saturated heterocycles. The summed E-state index contributed by atoms with van der Waals surface area (Å²) in [7, 11) is 0. The first kappa shape index (κ1) is 18.1. The van der Waals surface area contributed by atoms with E-state index in [9.17, 15) is 26.3 Å². The number of nitrogens with one attached hydrogen (secondary N) is 1. The van der Waals surface area contributed by atoms with Crippen LogP contribution in [-0.4, -0.2) is 37.3 Å². The van der Waals surface area contributed by atoms with E-state index in [2.05, 4.69) is 5.32 Å². The Labute approximate surface area is 123 Å². The van der Waals surface area contributed by atoms with Gasteiger partial charge in [0, 0.05) is 37.8 Å². The number of rotatable bonds is 2. The molecule has 1 aromatic carbocycles. The maximum absolute atomic E-state index is 13.6. The van der Waals surface area contributed by atoms with Crippen molar-refractivity contribution in [2.75, 3.05) is 26.2 Å². The van der Waals surface area contributed by atoms with Crippen LogP contribution >= 0.6 is 12.4 Å². The normalized spacial score (nSPS) is 18.2. The molecule has 0 aromatic heterocycles. The largest absolute Gasteiger partial charge is 0.408 e. The summed E-state index contributed by atoms with van der Waals surface area (Å²) in [6.45, 7) is 0.723. The van der Waals surface area contributed by atoms with E-state index in [4.69, 9.17) is 0 Å². The van der Waals surface area contributed by atoms with E-state index in [0.717, 1.165) is 4.90 Å². The third-order valence-corrected chi connectivity index (χ3v) is 3.16. The molecule has 0 amide bonds. The zero-order valence-electron chi connectivity index (χ0n) is 10.7. The van der Waals surface area contributed by atoms with Crippen molar-refractivity contribution in [1.29, 1.82) is 0 Å². The summed E-state index contributed by atoms with van der Waals surface area (Å²) in [5.74, 6) is -4.40. The van der Waals surface area contributed by atoms with Gasteiger partial charge in [0.2, 0.25) is 0 Å². The highest BCUT2D eigenvalue weighted by atomic mass is 35.5. The van der Waals surface area contributed by atoms with Gasteiger partial charge in [-0.2, -0.15) is 13.2 Å². The van der Waals surface area contributed by atoms with Gasteiger partial charge in [-0.1, -0.05) is 0 Å². The van der Waals surface area contributed by atoms with E-state index in [1.165, 1.54) is 0 Å². The van der Waals surface area contributed by atoms with Gasteiger partial charge in [0.25, 0.3) is 0 Å². The monoisotopic (exact) mass is 334 g/mol. The van der Waals surface area contributed by atoms with E-state index in [1.54, 1.807) is 0 Å². The van der Waals surface area contributed by atoms with Gasteiger partial charge in [0.15, 0.2) is 11.6 Å². The number of hydrogen-bond acceptors (Lipinski definition) is 2. The highest BCUT2D eigenvalue weighted by Crippen LogP contribution is 2.39. The van der Waals surface area contributed by atoms with Crippen LogP contribution in [-0.2, 0) is 0 Å². The van der Waals surface area contributed by atoms with Crippen LogP contribution in [0, 0.1) is 17.5 Å². The zero-order valence-corrected chi connectivity index (χ0v) is 11.5. The maximum Gasteiger partial charge on any atom is 0.408 e. The molecule has 0 spiro atoms. The lowest BCUT2D eigenvalue weighted by molar-refractivity contribution is -0.188. The Hall–Kier alpha value is -0.990. The lowest BCUT2D eigenvalue weighted by Gasteiger charge is -2.36. The summed E-state index contributed by atoms with van der Waals surface area (Å²) >= 11 is 0. The number of benzene rings is 1. The van der Waals surface area contributed by atoms with Crippen LogP contribution in [0.5, 0.6) is 0 Å². The van der Waals surface area contributed by atoms with Crippen LogP contribution in [0.3, 0.4) is 0 Å². The second-order valence-electron chi connectivity index (χ2n) is 4.52. The molecule has 9 heteroatoms. The van der Waals surface area contributed by atoms with Crippen molar-refractivity contribution in [3.63, 3.8) is 0 Å². The Bertz CT molecular complexity index is 487. The maximum atomic E-state index is 13.6. The number of hydrogen-bond donors (Lipinski definition) is 1. The summed E-state index contributed by atoms with van der Waals surface area (Å²) in [5.41, 5.74) is -0.890. The summed E-state index contributed by atoms with van der Waals surface area (Å²) < 4.78 is 79.1. The van der Waals surface area contributed by atoms with E-state index >= 15 is 0 Å². The molecule has 2 rings (SSSR count). The Morgan fingerprint density at radius 3 is 2.00 bits per heavy atom. The third-order valence-electron chi connectivity index (χ3n) is 3.16. The minimum Gasteiger partial charge on any atom is -0.314 e. The fourth-order valence-electron chi connectivity index (χ4n) is 2.27. The van der Waals surface area contributed by atoms with Gasteiger partial charge in [-0.05, 0) is 6.07 Å². The SMILES string of the molecule is Cl.Fc1cc(F)c([C@@H](N2CCNCC2)C(F)(F)F)cc1F. The number of alkyl halides is 3. The van der Waals surface area contributed by atoms with Crippen LogP contribution in [0.25, 0.3) is 0 Å². The molecule has 0 aliphatic carbocycles. The van der Waals surface area contributed by atoms with E-state index in [-0.39, 0.29) is 37.6 Å². The molecule has 0 bridgehead atoms. The second kappa shape index (κ2) is 6.85. The summed E-state index contributed by atoms with van der Waals surface area (Å²) in [6.07, 6.45) is -4.78. The van der Waals surface area contributed by atoms with Crippen LogP contribution < -0.4 is 5.32 Å². The van der Waals surface area contributed by atoms with Crippen molar-refractivity contribution < 1.29 is 26.3 Å². The van der Waals surface area contributed by atoms with Gasteiger partial charge in [-0.3, -0.25) is 4.90 Å². The van der Waals surface area contributed by atoms with Crippen molar-refractivity contribution in [2.24, 2.45) is 0 Å². The van der Waals surface area contributed by atoms with E-state index < -0.39 is 35.2 Å². The second-order valence-corrected chi connectivity index (χ2v) is 4.52. The molecule has 21 heavy (non-hydrogen) atoms. The predicted octanol–water partition coefficient (Wildman–Crippen LogP) is 3.03. The van der Waals surface area contributed by atoms with E-state index in [0.29, 0.717) is 13.1 Å². The van der Waals surface area contributed by atoms with Gasteiger partial charge in [0.1, 0.15) is 11.9 Å². The molecule has 1 heterocycles.